The van der Waals surface area contributed by atoms with E-state index < -0.39 is 0 Å². The van der Waals surface area contributed by atoms with Crippen LogP contribution in [0.2, 0.25) is 0 Å². The number of esters is 1. The Kier molecular flexibility index (Phi) is 7.36. The topological polar surface area (TPSA) is 58.6 Å². The lowest BCUT2D eigenvalue weighted by atomic mass is 10.1. The molecule has 5 heteroatoms. The van der Waals surface area contributed by atoms with Crippen LogP contribution in [-0.4, -0.2) is 36.5 Å². The summed E-state index contributed by atoms with van der Waals surface area (Å²) < 4.78 is 4.94. The van der Waals surface area contributed by atoms with Crippen LogP contribution >= 0.6 is 0 Å². The van der Waals surface area contributed by atoms with Crippen LogP contribution < -0.4 is 5.32 Å². The second kappa shape index (κ2) is 9.73. The fraction of sp³-hybridized carbons (Fsp3) is 0.333. The average molecular weight is 354 g/mol. The normalized spacial score (nSPS) is 10.6. The first kappa shape index (κ1) is 19.7. The molecule has 138 valence electrons. The van der Waals surface area contributed by atoms with Gasteiger partial charge >= 0.3 is 5.97 Å². The first-order chi connectivity index (χ1) is 12.6. The summed E-state index contributed by atoms with van der Waals surface area (Å²) in [4.78, 5) is 26.3. The zero-order valence-corrected chi connectivity index (χ0v) is 15.6. The highest BCUT2D eigenvalue weighted by Gasteiger charge is 2.09. The number of anilines is 1. The van der Waals surface area contributed by atoms with Crippen molar-refractivity contribution in [3.63, 3.8) is 0 Å². The number of rotatable bonds is 8. The second-order valence-corrected chi connectivity index (χ2v) is 5.91. The number of benzene rings is 2. The van der Waals surface area contributed by atoms with Crippen molar-refractivity contribution < 1.29 is 14.3 Å². The number of ether oxygens (including phenoxy) is 1. The Morgan fingerprint density at radius 1 is 0.885 bits per heavy atom. The van der Waals surface area contributed by atoms with Crippen LogP contribution in [0.15, 0.2) is 48.5 Å². The van der Waals surface area contributed by atoms with Crippen molar-refractivity contribution in [2.24, 2.45) is 0 Å². The lowest BCUT2D eigenvalue weighted by Crippen LogP contribution is -2.22. The largest absolute Gasteiger partial charge is 0.462 e. The quantitative estimate of drug-likeness (QED) is 0.729. The summed E-state index contributed by atoms with van der Waals surface area (Å²) in [5.41, 5.74) is 2.88. The van der Waals surface area contributed by atoms with E-state index in [-0.39, 0.29) is 11.9 Å². The molecule has 0 radical (unpaired) electrons. The molecule has 26 heavy (non-hydrogen) atoms. The van der Waals surface area contributed by atoms with E-state index in [4.69, 9.17) is 4.74 Å². The van der Waals surface area contributed by atoms with Gasteiger partial charge in [-0.2, -0.15) is 0 Å². The minimum atomic E-state index is -0.367. The van der Waals surface area contributed by atoms with E-state index in [1.165, 1.54) is 5.56 Å². The van der Waals surface area contributed by atoms with Crippen molar-refractivity contribution in [3.05, 3.63) is 65.2 Å². The van der Waals surface area contributed by atoms with E-state index in [0.29, 0.717) is 23.4 Å². The molecule has 0 fully saturated rings. The predicted molar refractivity (Wildman–Crippen MR) is 103 cm³/mol. The number of nitrogens with one attached hydrogen (secondary N) is 1. The summed E-state index contributed by atoms with van der Waals surface area (Å²) in [7, 11) is 0. The standard InChI is InChI=1S/C21H26N2O3/c1-4-23(5-2)15-16-7-9-17(10-8-16)20(24)22-19-13-11-18(12-14-19)21(25)26-6-3/h7-14H,4-6,15H2,1-3H3,(H,22,24). The molecule has 0 aromatic heterocycles. The van der Waals surface area contributed by atoms with Gasteiger partial charge in [-0.15, -0.1) is 0 Å². The minimum absolute atomic E-state index is 0.178. The fourth-order valence-corrected chi connectivity index (χ4v) is 2.57. The Balaban J connectivity index is 1.98. The minimum Gasteiger partial charge on any atom is -0.462 e. The highest BCUT2D eigenvalue weighted by Crippen LogP contribution is 2.13. The molecule has 0 aliphatic rings. The van der Waals surface area contributed by atoms with Gasteiger partial charge in [-0.25, -0.2) is 4.79 Å². The molecule has 2 rings (SSSR count). The summed E-state index contributed by atoms with van der Waals surface area (Å²) in [5.74, 6) is -0.544. The maximum atomic E-state index is 12.4. The second-order valence-electron chi connectivity index (χ2n) is 5.91. The molecular weight excluding hydrogens is 328 g/mol. The third-order valence-electron chi connectivity index (χ3n) is 4.17. The lowest BCUT2D eigenvalue weighted by molar-refractivity contribution is 0.0526. The molecule has 0 aliphatic carbocycles. The highest BCUT2D eigenvalue weighted by molar-refractivity contribution is 6.04. The molecule has 1 amide bonds. The van der Waals surface area contributed by atoms with Gasteiger partial charge in [0.1, 0.15) is 0 Å². The van der Waals surface area contributed by atoms with Crippen LogP contribution in [0.25, 0.3) is 0 Å². The zero-order chi connectivity index (χ0) is 18.9. The number of carbonyl (C=O) groups is 2. The van der Waals surface area contributed by atoms with Crippen LogP contribution in [0.5, 0.6) is 0 Å². The molecule has 1 N–H and O–H groups in total. The third kappa shape index (κ3) is 5.43. The molecular formula is C21H26N2O3. The molecule has 0 spiro atoms. The number of amides is 1. The highest BCUT2D eigenvalue weighted by atomic mass is 16.5. The molecule has 2 aromatic carbocycles. The van der Waals surface area contributed by atoms with Gasteiger partial charge < -0.3 is 10.1 Å². The smallest absolute Gasteiger partial charge is 0.338 e. The number of hydrogen-bond acceptors (Lipinski definition) is 4. The summed E-state index contributed by atoms with van der Waals surface area (Å²) in [6.45, 7) is 9.25. The predicted octanol–water partition coefficient (Wildman–Crippen LogP) is 3.96. The van der Waals surface area contributed by atoms with Gasteiger partial charge in [0, 0.05) is 17.8 Å². The summed E-state index contributed by atoms with van der Waals surface area (Å²) >= 11 is 0. The molecule has 0 aliphatic heterocycles. The molecule has 0 heterocycles. The summed E-state index contributed by atoms with van der Waals surface area (Å²) in [6, 6.07) is 14.3. The first-order valence-corrected chi connectivity index (χ1v) is 8.97. The van der Waals surface area contributed by atoms with Crippen LogP contribution in [-0.2, 0) is 11.3 Å². The van der Waals surface area contributed by atoms with E-state index in [0.717, 1.165) is 19.6 Å². The fourth-order valence-electron chi connectivity index (χ4n) is 2.57. The summed E-state index contributed by atoms with van der Waals surface area (Å²) in [5, 5.41) is 2.84. The van der Waals surface area contributed by atoms with Gasteiger partial charge in [-0.3, -0.25) is 9.69 Å². The van der Waals surface area contributed by atoms with E-state index in [1.807, 2.05) is 24.3 Å². The average Bonchev–Trinajstić information content (AvgIpc) is 2.67. The molecule has 0 unspecified atom stereocenters. The van der Waals surface area contributed by atoms with E-state index in [2.05, 4.69) is 24.1 Å². The van der Waals surface area contributed by atoms with E-state index in [1.54, 1.807) is 31.2 Å². The van der Waals surface area contributed by atoms with Gasteiger partial charge in [-0.05, 0) is 62.0 Å². The maximum absolute atomic E-state index is 12.4. The van der Waals surface area contributed by atoms with Crippen molar-refractivity contribution in [1.29, 1.82) is 0 Å². The van der Waals surface area contributed by atoms with Crippen molar-refractivity contribution in [3.8, 4) is 0 Å². The Labute approximate surface area is 155 Å². The van der Waals surface area contributed by atoms with E-state index >= 15 is 0 Å². The molecule has 0 saturated heterocycles. The Morgan fingerprint density at radius 2 is 1.46 bits per heavy atom. The van der Waals surface area contributed by atoms with Crippen molar-refractivity contribution in [2.45, 2.75) is 27.3 Å². The molecule has 2 aromatic rings. The SMILES string of the molecule is CCOC(=O)c1ccc(NC(=O)c2ccc(CN(CC)CC)cc2)cc1. The van der Waals surface area contributed by atoms with Crippen molar-refractivity contribution in [1.82, 2.24) is 4.90 Å². The van der Waals surface area contributed by atoms with Crippen LogP contribution in [0.4, 0.5) is 5.69 Å². The Hall–Kier alpha value is -2.66. The van der Waals surface area contributed by atoms with Crippen LogP contribution in [0.1, 0.15) is 47.1 Å². The Morgan fingerprint density at radius 3 is 2.00 bits per heavy atom. The first-order valence-electron chi connectivity index (χ1n) is 8.97. The van der Waals surface area contributed by atoms with Gasteiger partial charge in [0.2, 0.25) is 0 Å². The summed E-state index contributed by atoms with van der Waals surface area (Å²) in [6.07, 6.45) is 0. The van der Waals surface area contributed by atoms with E-state index in [9.17, 15) is 9.59 Å². The van der Waals surface area contributed by atoms with Gasteiger partial charge in [0.05, 0.1) is 12.2 Å². The van der Waals surface area contributed by atoms with Crippen LogP contribution in [0.3, 0.4) is 0 Å². The molecule has 5 nitrogen and oxygen atoms in total. The van der Waals surface area contributed by atoms with Gasteiger partial charge in [0.25, 0.3) is 5.91 Å². The van der Waals surface area contributed by atoms with Gasteiger partial charge in [-0.1, -0.05) is 26.0 Å². The molecule has 0 atom stereocenters. The number of carbonyl (C=O) groups excluding carboxylic acids is 2. The number of nitrogens with zero attached hydrogens (tertiary/aromatic N) is 1. The molecule has 0 saturated carbocycles. The number of hydrogen-bond donors (Lipinski definition) is 1. The van der Waals surface area contributed by atoms with Gasteiger partial charge in [0.15, 0.2) is 0 Å². The Bertz CT molecular complexity index is 720. The zero-order valence-electron chi connectivity index (χ0n) is 15.6. The lowest BCUT2D eigenvalue weighted by Gasteiger charge is -2.18. The third-order valence-corrected chi connectivity index (χ3v) is 4.17. The van der Waals surface area contributed by atoms with Crippen LogP contribution in [0, 0.1) is 0 Å². The van der Waals surface area contributed by atoms with Crippen molar-refractivity contribution in [2.75, 3.05) is 25.0 Å². The van der Waals surface area contributed by atoms with Crippen molar-refractivity contribution >= 4 is 17.6 Å². The maximum Gasteiger partial charge on any atom is 0.338 e. The molecule has 0 bridgehead atoms. The monoisotopic (exact) mass is 354 g/mol.